The summed E-state index contributed by atoms with van der Waals surface area (Å²) in [4.78, 5) is 4.01. The molecule has 2 rings (SSSR count). The highest BCUT2D eigenvalue weighted by atomic mass is 32.2. The Morgan fingerprint density at radius 3 is 2.70 bits per heavy atom. The summed E-state index contributed by atoms with van der Waals surface area (Å²) in [6.45, 7) is 2.48. The van der Waals surface area contributed by atoms with E-state index in [9.17, 15) is 8.42 Å². The van der Waals surface area contributed by atoms with Gasteiger partial charge in [-0.2, -0.15) is 0 Å². The Hall–Kier alpha value is -0.980. The molecule has 20 heavy (non-hydrogen) atoms. The molecule has 0 bridgehead atoms. The minimum atomic E-state index is -3.53. The molecule has 1 aliphatic rings. The molecule has 1 saturated carbocycles. The molecular formula is C14H23N3O2S. The number of rotatable bonds is 5. The van der Waals surface area contributed by atoms with Crippen LogP contribution in [0, 0.1) is 5.92 Å². The molecule has 1 heterocycles. The van der Waals surface area contributed by atoms with Gasteiger partial charge in [-0.1, -0.05) is 32.3 Å². The molecule has 2 atom stereocenters. The fourth-order valence-corrected chi connectivity index (χ4v) is 4.07. The van der Waals surface area contributed by atoms with E-state index < -0.39 is 10.0 Å². The lowest BCUT2D eigenvalue weighted by atomic mass is 9.83. The van der Waals surface area contributed by atoms with Crippen molar-refractivity contribution >= 4 is 10.0 Å². The second kappa shape index (κ2) is 6.65. The van der Waals surface area contributed by atoms with Crippen molar-refractivity contribution in [3.63, 3.8) is 0 Å². The van der Waals surface area contributed by atoms with Crippen molar-refractivity contribution < 1.29 is 8.42 Å². The average molecular weight is 297 g/mol. The molecule has 112 valence electrons. The lowest BCUT2D eigenvalue weighted by Crippen LogP contribution is -2.42. The van der Waals surface area contributed by atoms with Crippen molar-refractivity contribution in [2.45, 2.75) is 56.6 Å². The molecule has 0 spiro atoms. The Kier molecular flexibility index (Phi) is 5.12. The molecule has 0 saturated heterocycles. The van der Waals surface area contributed by atoms with Crippen LogP contribution in [-0.2, 0) is 16.6 Å². The van der Waals surface area contributed by atoms with Crippen molar-refractivity contribution in [3.8, 4) is 0 Å². The van der Waals surface area contributed by atoms with Crippen LogP contribution in [0.2, 0.25) is 0 Å². The second-order valence-corrected chi connectivity index (χ2v) is 7.05. The summed E-state index contributed by atoms with van der Waals surface area (Å²) in [6, 6.07) is 3.27. The molecule has 3 N–H and O–H groups in total. The van der Waals surface area contributed by atoms with Crippen LogP contribution >= 0.6 is 0 Å². The Labute approximate surface area is 121 Å². The number of nitrogens with one attached hydrogen (secondary N) is 1. The van der Waals surface area contributed by atoms with Crippen LogP contribution in [0.1, 0.15) is 44.6 Å². The predicted octanol–water partition coefficient (Wildman–Crippen LogP) is 1.79. The summed E-state index contributed by atoms with van der Waals surface area (Å²) in [7, 11) is -3.53. The summed E-state index contributed by atoms with van der Waals surface area (Å²) >= 11 is 0. The summed E-state index contributed by atoms with van der Waals surface area (Å²) in [5, 5.41) is 0.0788. The van der Waals surface area contributed by atoms with Gasteiger partial charge in [0.1, 0.15) is 0 Å². The zero-order valence-corrected chi connectivity index (χ0v) is 12.7. The van der Waals surface area contributed by atoms with E-state index in [2.05, 4.69) is 16.6 Å². The average Bonchev–Trinajstić information content (AvgIpc) is 2.47. The molecule has 0 radical (unpaired) electrons. The van der Waals surface area contributed by atoms with Gasteiger partial charge in [-0.05, 0) is 30.4 Å². The number of hydrogen-bond donors (Lipinski definition) is 2. The highest BCUT2D eigenvalue weighted by molar-refractivity contribution is 7.89. The van der Waals surface area contributed by atoms with Crippen molar-refractivity contribution in [2.24, 2.45) is 11.7 Å². The fourth-order valence-electron chi connectivity index (χ4n) is 2.80. The van der Waals surface area contributed by atoms with Gasteiger partial charge in [-0.15, -0.1) is 0 Å². The Morgan fingerprint density at radius 1 is 1.35 bits per heavy atom. The number of pyridine rings is 1. The first-order chi connectivity index (χ1) is 9.56. The quantitative estimate of drug-likeness (QED) is 0.867. The third-order valence-electron chi connectivity index (χ3n) is 4.05. The van der Waals surface area contributed by atoms with Gasteiger partial charge in [-0.25, -0.2) is 18.1 Å². The van der Waals surface area contributed by atoms with Gasteiger partial charge in [0.2, 0.25) is 0 Å². The van der Waals surface area contributed by atoms with Crippen LogP contribution in [0.5, 0.6) is 0 Å². The van der Waals surface area contributed by atoms with E-state index in [0.29, 0.717) is 12.5 Å². The van der Waals surface area contributed by atoms with Crippen LogP contribution in [0.3, 0.4) is 0 Å². The molecule has 1 aliphatic carbocycles. The normalized spacial score (nSPS) is 23.7. The minimum Gasteiger partial charge on any atom is -0.326 e. The summed E-state index contributed by atoms with van der Waals surface area (Å²) in [5.41, 5.74) is 6.32. The van der Waals surface area contributed by atoms with Crippen LogP contribution in [0.25, 0.3) is 0 Å². The summed E-state index contributed by atoms with van der Waals surface area (Å²) in [6.07, 6.45) is 6.82. The zero-order valence-electron chi connectivity index (χ0n) is 11.9. The van der Waals surface area contributed by atoms with Gasteiger partial charge in [0.05, 0.1) is 0 Å². The highest BCUT2D eigenvalue weighted by Gasteiger charge is 2.28. The van der Waals surface area contributed by atoms with Crippen molar-refractivity contribution in [2.75, 3.05) is 0 Å². The van der Waals surface area contributed by atoms with Gasteiger partial charge in [0, 0.05) is 18.8 Å². The number of nitrogens with zero attached hydrogens (tertiary/aromatic N) is 1. The predicted molar refractivity (Wildman–Crippen MR) is 78.5 cm³/mol. The van der Waals surface area contributed by atoms with E-state index in [-0.39, 0.29) is 11.1 Å². The van der Waals surface area contributed by atoms with Crippen LogP contribution in [0.15, 0.2) is 23.4 Å². The first-order valence-corrected chi connectivity index (χ1v) is 8.72. The topological polar surface area (TPSA) is 85.1 Å². The molecular weight excluding hydrogens is 274 g/mol. The molecule has 0 aliphatic heterocycles. The SMILES string of the molecule is CCC1CCCCC1NS(=O)(=O)c1ccc(CN)cn1. The minimum absolute atomic E-state index is 0.0368. The maximum Gasteiger partial charge on any atom is 0.258 e. The molecule has 1 aromatic rings. The lowest BCUT2D eigenvalue weighted by molar-refractivity contribution is 0.282. The Balaban J connectivity index is 2.12. The Morgan fingerprint density at radius 2 is 2.10 bits per heavy atom. The van der Waals surface area contributed by atoms with E-state index in [1.54, 1.807) is 6.07 Å². The first-order valence-electron chi connectivity index (χ1n) is 7.24. The van der Waals surface area contributed by atoms with Crippen molar-refractivity contribution in [1.82, 2.24) is 9.71 Å². The third kappa shape index (κ3) is 3.56. The molecule has 2 unspecified atom stereocenters. The highest BCUT2D eigenvalue weighted by Crippen LogP contribution is 2.27. The number of sulfonamides is 1. The van der Waals surface area contributed by atoms with Gasteiger partial charge in [-0.3, -0.25) is 0 Å². The van der Waals surface area contributed by atoms with E-state index in [4.69, 9.17) is 5.73 Å². The van der Waals surface area contributed by atoms with E-state index in [1.807, 2.05) is 0 Å². The van der Waals surface area contributed by atoms with Crippen LogP contribution in [0.4, 0.5) is 0 Å². The second-order valence-electron chi connectivity index (χ2n) is 5.39. The molecule has 6 heteroatoms. The fraction of sp³-hybridized carbons (Fsp3) is 0.643. The van der Waals surface area contributed by atoms with Crippen molar-refractivity contribution in [3.05, 3.63) is 23.9 Å². The molecule has 0 aromatic carbocycles. The third-order valence-corrected chi connectivity index (χ3v) is 5.45. The van der Waals surface area contributed by atoms with Gasteiger partial charge in [0.25, 0.3) is 10.0 Å². The van der Waals surface area contributed by atoms with E-state index in [0.717, 1.165) is 31.2 Å². The maximum atomic E-state index is 12.4. The molecule has 5 nitrogen and oxygen atoms in total. The maximum absolute atomic E-state index is 12.4. The van der Waals surface area contributed by atoms with E-state index >= 15 is 0 Å². The van der Waals surface area contributed by atoms with Gasteiger partial charge >= 0.3 is 0 Å². The smallest absolute Gasteiger partial charge is 0.258 e. The van der Waals surface area contributed by atoms with Gasteiger partial charge < -0.3 is 5.73 Å². The largest absolute Gasteiger partial charge is 0.326 e. The molecule has 1 fully saturated rings. The molecule has 1 aromatic heterocycles. The standard InChI is InChI=1S/C14H23N3O2S/c1-2-12-5-3-4-6-13(12)17-20(18,19)14-8-7-11(9-15)10-16-14/h7-8,10,12-13,17H,2-6,9,15H2,1H3. The number of nitrogens with two attached hydrogens (primary N) is 1. The van der Waals surface area contributed by atoms with Gasteiger partial charge in [0.15, 0.2) is 5.03 Å². The van der Waals surface area contributed by atoms with Crippen LogP contribution in [-0.4, -0.2) is 19.4 Å². The lowest BCUT2D eigenvalue weighted by Gasteiger charge is -2.31. The number of hydrogen-bond acceptors (Lipinski definition) is 4. The summed E-state index contributed by atoms with van der Waals surface area (Å²) in [5.74, 6) is 0.432. The monoisotopic (exact) mass is 297 g/mol. The zero-order chi connectivity index (χ0) is 14.6. The van der Waals surface area contributed by atoms with E-state index in [1.165, 1.54) is 18.7 Å². The Bertz CT molecular complexity index is 528. The van der Waals surface area contributed by atoms with Crippen molar-refractivity contribution in [1.29, 1.82) is 0 Å². The molecule has 0 amide bonds. The van der Waals surface area contributed by atoms with Crippen LogP contribution < -0.4 is 10.5 Å². The summed E-state index contributed by atoms with van der Waals surface area (Å²) < 4.78 is 27.5. The number of aromatic nitrogens is 1. The first kappa shape index (κ1) is 15.4.